The van der Waals surface area contributed by atoms with E-state index in [4.69, 9.17) is 4.74 Å². The summed E-state index contributed by atoms with van der Waals surface area (Å²) in [4.78, 5) is 12.8. The van der Waals surface area contributed by atoms with Crippen molar-refractivity contribution in [3.05, 3.63) is 70.3 Å². The fourth-order valence-electron chi connectivity index (χ4n) is 26.6. The molecular formula is C54H57F3O2. The molecule has 0 N–H and O–H groups in total. The Morgan fingerprint density at radius 1 is 0.593 bits per heavy atom. The van der Waals surface area contributed by atoms with Gasteiger partial charge in [0, 0.05) is 11.8 Å². The number of carbonyl (C=O) groups excluding carboxylic acids is 1. The van der Waals surface area contributed by atoms with E-state index in [1.165, 1.54) is 38.9 Å². The highest BCUT2D eigenvalue weighted by atomic mass is 19.4. The Morgan fingerprint density at radius 2 is 1.12 bits per heavy atom. The van der Waals surface area contributed by atoms with Gasteiger partial charge in [-0.15, -0.1) is 0 Å². The zero-order valence-electron chi connectivity index (χ0n) is 34.3. The molecule has 17 aliphatic carbocycles. The smallest absolute Gasteiger partial charge is 0.416 e. The van der Waals surface area contributed by atoms with E-state index in [9.17, 15) is 18.0 Å². The first-order valence-corrected chi connectivity index (χ1v) is 25.1. The number of hydrogen-bond acceptors (Lipinski definition) is 2. The maximum atomic E-state index is 14.9. The molecule has 59 heavy (non-hydrogen) atoms. The van der Waals surface area contributed by atoms with Crippen LogP contribution in [-0.4, -0.2) is 13.1 Å². The monoisotopic (exact) mass is 794 g/mol. The quantitative estimate of drug-likeness (QED) is 0.219. The summed E-state index contributed by atoms with van der Waals surface area (Å²) in [6.45, 7) is 1.91. The third kappa shape index (κ3) is 2.97. The number of methoxy groups -OCH3 is 1. The molecule has 0 heterocycles. The van der Waals surface area contributed by atoms with Gasteiger partial charge in [-0.3, -0.25) is 4.79 Å². The summed E-state index contributed by atoms with van der Waals surface area (Å²) in [7, 11) is 1.49. The Labute approximate surface area is 346 Å². The van der Waals surface area contributed by atoms with Gasteiger partial charge in [0.05, 0.1) is 12.7 Å². The molecule has 0 aliphatic heterocycles. The van der Waals surface area contributed by atoms with Crippen LogP contribution in [-0.2, 0) is 21.1 Å². The van der Waals surface area contributed by atoms with Crippen LogP contribution in [0.4, 0.5) is 13.2 Å². The number of allylic oxidation sites excluding steroid dienone is 6. The van der Waals surface area contributed by atoms with Gasteiger partial charge in [0.25, 0.3) is 0 Å². The maximum absolute atomic E-state index is 14.9. The fraction of sp³-hybridized carbons (Fsp3) is 0.759. The second-order valence-electron chi connectivity index (χ2n) is 25.2. The van der Waals surface area contributed by atoms with Gasteiger partial charge in [0.1, 0.15) is 0 Å². The molecule has 31 unspecified atom stereocenters. The summed E-state index contributed by atoms with van der Waals surface area (Å²) >= 11 is 0. The zero-order chi connectivity index (χ0) is 38.4. The van der Waals surface area contributed by atoms with Gasteiger partial charge in [-0.2, -0.15) is 13.2 Å². The first kappa shape index (κ1) is 32.4. The fourth-order valence-corrected chi connectivity index (χ4v) is 26.6. The third-order valence-corrected chi connectivity index (χ3v) is 25.7. The molecule has 31 atom stereocenters. The van der Waals surface area contributed by atoms with Crippen molar-refractivity contribution in [3.8, 4) is 0 Å². The lowest BCUT2D eigenvalue weighted by molar-refractivity contribution is -0.147. The van der Waals surface area contributed by atoms with Crippen LogP contribution in [0.15, 0.2) is 53.6 Å². The van der Waals surface area contributed by atoms with Crippen LogP contribution in [0.3, 0.4) is 0 Å². The standard InChI is InChI=1S/C54H57F3O2/c1-17-14-18(16-19(15-17)54(55,56)57)53(13-3-4-28(58)59-2)51-37-26-11-9-24-22-7-5-20-21-6-8-23-25-10-12-27-36-34(25)41-32(23)30(21)39-29(20)31(22)40-33(24)35(26)42-44(37)45(38(27)52(51)53)43(36)50-48(41)46(39)47(40)49(42)50/h5,7,9,11,14-16,20-27,29-39,41-46,48-52H,3-4,6,8,10,12-13H2,1-2H3. The molecule has 0 bridgehead atoms. The summed E-state index contributed by atoms with van der Waals surface area (Å²) < 4.78 is 50.0. The minimum atomic E-state index is -4.37. The highest BCUT2D eigenvalue weighted by molar-refractivity contribution is 5.69. The maximum Gasteiger partial charge on any atom is 0.416 e. The van der Waals surface area contributed by atoms with E-state index in [1.54, 1.807) is 6.07 Å². The number of alkyl halides is 3. The number of aryl methyl sites for hydroxylation is 1. The van der Waals surface area contributed by atoms with Crippen molar-refractivity contribution in [3.63, 3.8) is 0 Å². The molecule has 1 aromatic rings. The van der Waals surface area contributed by atoms with Crippen molar-refractivity contribution in [1.82, 2.24) is 0 Å². The minimum Gasteiger partial charge on any atom is -0.469 e. The normalized spacial score (nSPS) is 65.6. The highest BCUT2D eigenvalue weighted by Gasteiger charge is 2.90. The van der Waals surface area contributed by atoms with Crippen LogP contribution in [0.1, 0.15) is 61.6 Å². The highest BCUT2D eigenvalue weighted by Crippen LogP contribution is 2.94. The Morgan fingerprint density at radius 3 is 1.85 bits per heavy atom. The first-order chi connectivity index (χ1) is 28.7. The molecule has 0 radical (unpaired) electrons. The molecule has 0 amide bonds. The Kier molecular flexibility index (Phi) is 5.20. The van der Waals surface area contributed by atoms with Crippen LogP contribution in [0.2, 0.25) is 0 Å². The number of rotatable bonds is 5. The molecule has 17 aliphatic rings. The van der Waals surface area contributed by atoms with E-state index in [0.717, 1.165) is 154 Å². The van der Waals surface area contributed by atoms with Crippen LogP contribution in [0.5, 0.6) is 0 Å². The Balaban J connectivity index is 0.917. The van der Waals surface area contributed by atoms with E-state index >= 15 is 0 Å². The zero-order valence-corrected chi connectivity index (χ0v) is 34.3. The van der Waals surface area contributed by atoms with Gasteiger partial charge in [-0.1, -0.05) is 47.1 Å². The summed E-state index contributed by atoms with van der Waals surface area (Å²) in [5, 5.41) is 0. The summed E-state index contributed by atoms with van der Waals surface area (Å²) in [6.07, 6.45) is 14.8. The second kappa shape index (κ2) is 9.46. The van der Waals surface area contributed by atoms with Crippen molar-refractivity contribution in [1.29, 1.82) is 0 Å². The number of benzene rings is 1. The topological polar surface area (TPSA) is 26.3 Å². The molecule has 0 saturated heterocycles. The third-order valence-electron chi connectivity index (χ3n) is 25.7. The van der Waals surface area contributed by atoms with Crippen LogP contribution >= 0.6 is 0 Å². The summed E-state index contributed by atoms with van der Waals surface area (Å²) in [5.74, 6) is 24.0. The molecule has 13 saturated carbocycles. The lowest BCUT2D eigenvalue weighted by Gasteiger charge is -2.61. The minimum absolute atomic E-state index is 0.172. The molecule has 306 valence electrons. The van der Waals surface area contributed by atoms with Gasteiger partial charge in [-0.05, 0) is 241 Å². The van der Waals surface area contributed by atoms with Gasteiger partial charge >= 0.3 is 12.1 Å². The van der Waals surface area contributed by atoms with Crippen molar-refractivity contribution >= 4 is 5.97 Å². The van der Waals surface area contributed by atoms with Gasteiger partial charge in [0.2, 0.25) is 0 Å². The summed E-state index contributed by atoms with van der Waals surface area (Å²) in [5.41, 5.74) is 5.28. The molecule has 1 aromatic carbocycles. The molecule has 0 aromatic heterocycles. The number of halogens is 3. The molecular weight excluding hydrogens is 738 g/mol. The second-order valence-corrected chi connectivity index (χ2v) is 25.2. The van der Waals surface area contributed by atoms with E-state index in [1.807, 2.05) is 6.92 Å². The molecule has 2 nitrogen and oxygen atoms in total. The molecule has 18 rings (SSSR count). The van der Waals surface area contributed by atoms with E-state index in [-0.39, 0.29) is 11.4 Å². The number of hydrogen-bond donors (Lipinski definition) is 0. The molecule has 13 fully saturated rings. The van der Waals surface area contributed by atoms with E-state index < -0.39 is 11.7 Å². The first-order valence-electron chi connectivity index (χ1n) is 25.1. The van der Waals surface area contributed by atoms with E-state index in [0.29, 0.717) is 54.3 Å². The lowest BCUT2D eigenvalue weighted by Crippen LogP contribution is -2.58. The van der Waals surface area contributed by atoms with Crippen LogP contribution < -0.4 is 0 Å². The van der Waals surface area contributed by atoms with Crippen molar-refractivity contribution in [2.75, 3.05) is 7.11 Å². The van der Waals surface area contributed by atoms with E-state index in [2.05, 4.69) is 41.5 Å². The Hall–Kier alpha value is -2.30. The Bertz CT molecular complexity index is 2360. The van der Waals surface area contributed by atoms with Crippen molar-refractivity contribution < 1.29 is 22.7 Å². The van der Waals surface area contributed by atoms with Crippen molar-refractivity contribution in [2.45, 2.75) is 63.5 Å². The largest absolute Gasteiger partial charge is 0.469 e. The predicted molar refractivity (Wildman–Crippen MR) is 212 cm³/mol. The van der Waals surface area contributed by atoms with Gasteiger partial charge in [-0.25, -0.2) is 0 Å². The van der Waals surface area contributed by atoms with Crippen molar-refractivity contribution in [2.24, 2.45) is 178 Å². The number of fused-ring (bicyclic) bond motifs is 8. The molecule has 0 spiro atoms. The molecule has 5 heteroatoms. The average molecular weight is 795 g/mol. The number of ether oxygens (including phenoxy) is 1. The van der Waals surface area contributed by atoms with Crippen LogP contribution in [0.25, 0.3) is 0 Å². The SMILES string of the molecule is COC(=O)CCCC1(c2cc(C)cc(C(F)(F)F)c2)C2C3C4C=CC5C6C=CC7C8CCC9C%10CCC%11C%12C%10C%10C9C8C8C9C%13=C(C6C78)C5C4C4C%13C(C9%10)C%12C(C43)C%11C21. The number of carbonyl (C=O) groups is 1. The average Bonchev–Trinajstić information content (AvgIpc) is 3.83. The van der Waals surface area contributed by atoms with Crippen LogP contribution in [0, 0.1) is 184 Å². The number of esters is 1. The lowest BCUT2D eigenvalue weighted by atomic mass is 9.43. The summed E-state index contributed by atoms with van der Waals surface area (Å²) in [6, 6.07) is 5.23. The van der Waals surface area contributed by atoms with Gasteiger partial charge < -0.3 is 4.74 Å². The predicted octanol–water partition coefficient (Wildman–Crippen LogP) is 10.3. The van der Waals surface area contributed by atoms with Gasteiger partial charge in [0.15, 0.2) is 0 Å².